The minimum Gasteiger partial charge on any atom is -0.396 e. The zero-order valence-electron chi connectivity index (χ0n) is 14.2. The molecule has 0 radical (unpaired) electrons. The molecule has 0 bridgehead atoms. The van der Waals surface area contributed by atoms with Crippen LogP contribution >= 0.6 is 31.9 Å². The van der Waals surface area contributed by atoms with Crippen molar-refractivity contribution in [3.63, 3.8) is 0 Å². The molecule has 0 amide bonds. The molecule has 0 atom stereocenters. The van der Waals surface area contributed by atoms with Gasteiger partial charge in [-0.05, 0) is 38.3 Å². The van der Waals surface area contributed by atoms with Crippen LogP contribution in [0.15, 0.2) is 46.4 Å². The Morgan fingerprint density at radius 2 is 1.54 bits per heavy atom. The van der Waals surface area contributed by atoms with Gasteiger partial charge >= 0.3 is 51.7 Å². The molecule has 8 nitrogen and oxygen atoms in total. The van der Waals surface area contributed by atoms with Crippen LogP contribution in [0.1, 0.15) is 18.1 Å². The van der Waals surface area contributed by atoms with Crippen LogP contribution in [-0.2, 0) is 22.4 Å². The van der Waals surface area contributed by atoms with Crippen LogP contribution in [0.25, 0.3) is 0 Å². The van der Waals surface area contributed by atoms with Crippen molar-refractivity contribution in [3.8, 4) is 0 Å². The van der Waals surface area contributed by atoms with Crippen molar-refractivity contribution in [2.75, 3.05) is 6.61 Å². The minimum atomic E-state index is -0.181. The first-order valence-corrected chi connectivity index (χ1v) is 8.52. The van der Waals surface area contributed by atoms with Gasteiger partial charge in [-0.2, -0.15) is 0 Å². The van der Waals surface area contributed by atoms with Crippen molar-refractivity contribution in [2.24, 2.45) is 0 Å². The van der Waals surface area contributed by atoms with Gasteiger partial charge in [0, 0.05) is 44.2 Å². The molecule has 0 spiro atoms. The third kappa shape index (κ3) is 15.7. The van der Waals surface area contributed by atoms with Gasteiger partial charge in [0.15, 0.2) is 0 Å². The van der Waals surface area contributed by atoms with E-state index >= 15 is 0 Å². The number of aliphatic hydroxyl groups excluding tert-OH is 1. The van der Waals surface area contributed by atoms with E-state index in [2.05, 4.69) is 63.2 Å². The number of nitrogens with zero attached hydrogens (tertiary/aromatic N) is 4. The molecule has 2 heterocycles. The summed E-state index contributed by atoms with van der Waals surface area (Å²) < 4.78 is 10.4. The zero-order chi connectivity index (χ0) is 18.9. The van der Waals surface area contributed by atoms with Gasteiger partial charge in [-0.15, -0.1) is 6.58 Å². The topological polar surface area (TPSA) is 121 Å². The van der Waals surface area contributed by atoms with E-state index in [1.54, 1.807) is 30.9 Å². The average molecular weight is 498 g/mol. The third-order valence-electron chi connectivity index (χ3n) is 2.27. The Morgan fingerprint density at radius 1 is 1.12 bits per heavy atom. The normalized spacial score (nSPS) is 8.46. The Labute approximate surface area is 191 Å². The second-order valence-corrected chi connectivity index (χ2v) is 5.98. The number of aromatic nitrogens is 4. The molecule has 0 aliphatic heterocycles. The van der Waals surface area contributed by atoms with Crippen molar-refractivity contribution < 1.29 is 49.4 Å². The standard InChI is InChI=1S/C7H9BrN2O.C7H7BrN2.BHO3.Na/c8-6-4-9-7(10-5-6)2-1-3-11;1-2-3-7-9-4-6(8)5-10-7;2-1-4-3;/h4-5,11H,1-3H2;2,4-5H,1,3H2;3H;/q;;;+1/p-1. The molecule has 2 aromatic heterocycles. The second-order valence-electron chi connectivity index (χ2n) is 4.15. The summed E-state index contributed by atoms with van der Waals surface area (Å²) in [6.07, 6.45) is 10.8. The van der Waals surface area contributed by atoms with Gasteiger partial charge in [0.25, 0.3) is 0 Å². The molecule has 1 N–H and O–H groups in total. The maximum atomic E-state index is 8.64. The Bertz CT molecular complexity index is 609. The molecule has 0 aliphatic carbocycles. The molecule has 0 aliphatic rings. The predicted molar refractivity (Wildman–Crippen MR) is 96.3 cm³/mol. The maximum Gasteiger partial charge on any atom is 1.00 e. The van der Waals surface area contributed by atoms with E-state index in [1.165, 1.54) is 0 Å². The molecule has 0 unspecified atom stereocenters. The van der Waals surface area contributed by atoms with E-state index in [1.807, 2.05) is 0 Å². The van der Waals surface area contributed by atoms with E-state index in [0.717, 1.165) is 39.9 Å². The van der Waals surface area contributed by atoms with Gasteiger partial charge in [-0.1, -0.05) is 6.08 Å². The Kier molecular flexibility index (Phi) is 20.4. The second kappa shape index (κ2) is 19.2. The number of allylic oxidation sites excluding steroid dienone is 1. The van der Waals surface area contributed by atoms with Gasteiger partial charge in [0.05, 0.1) is 8.95 Å². The van der Waals surface area contributed by atoms with Crippen LogP contribution in [0.5, 0.6) is 0 Å². The SMILES string of the molecule is C=CCc1ncc(Br)cn1.O=BO[O-].OCCCc1ncc(Br)cn1.[Na+]. The maximum absolute atomic E-state index is 8.64. The fraction of sp³-hybridized carbons (Fsp3) is 0.286. The van der Waals surface area contributed by atoms with Gasteiger partial charge in [0.2, 0.25) is 0 Å². The van der Waals surface area contributed by atoms with Crippen LogP contribution in [0, 0.1) is 0 Å². The summed E-state index contributed by atoms with van der Waals surface area (Å²) in [5.41, 5.74) is 0. The van der Waals surface area contributed by atoms with E-state index in [9.17, 15) is 0 Å². The largest absolute Gasteiger partial charge is 1.00 e. The molecular weight excluding hydrogens is 482 g/mol. The molecule has 0 aromatic carbocycles. The summed E-state index contributed by atoms with van der Waals surface area (Å²) in [5.74, 6) is 1.58. The van der Waals surface area contributed by atoms with Crippen LogP contribution in [0.4, 0.5) is 0 Å². The summed E-state index contributed by atoms with van der Waals surface area (Å²) in [6, 6.07) is 0. The first-order valence-electron chi connectivity index (χ1n) is 6.94. The molecule has 2 rings (SSSR count). The number of hydrogen-bond donors (Lipinski definition) is 1. The fourth-order valence-corrected chi connectivity index (χ4v) is 1.69. The Hall–Kier alpha value is -0.555. The smallest absolute Gasteiger partial charge is 0.396 e. The monoisotopic (exact) mass is 496 g/mol. The number of aliphatic hydroxyl groups is 1. The zero-order valence-corrected chi connectivity index (χ0v) is 19.4. The Balaban J connectivity index is 0. The van der Waals surface area contributed by atoms with Crippen molar-refractivity contribution >= 4 is 39.2 Å². The molecule has 26 heavy (non-hydrogen) atoms. The van der Waals surface area contributed by atoms with Crippen molar-refractivity contribution in [1.29, 1.82) is 0 Å². The number of aryl methyl sites for hydroxylation is 1. The third-order valence-corrected chi connectivity index (χ3v) is 3.09. The van der Waals surface area contributed by atoms with Crippen LogP contribution in [0.3, 0.4) is 0 Å². The van der Waals surface area contributed by atoms with Crippen LogP contribution in [-0.4, -0.2) is 39.0 Å². The van der Waals surface area contributed by atoms with Crippen molar-refractivity contribution in [2.45, 2.75) is 19.3 Å². The summed E-state index contributed by atoms with van der Waals surface area (Å²) >= 11 is 6.48. The van der Waals surface area contributed by atoms with Gasteiger partial charge < -0.3 is 5.11 Å². The Morgan fingerprint density at radius 3 is 1.88 bits per heavy atom. The molecule has 0 fully saturated rings. The first kappa shape index (κ1) is 27.7. The van der Waals surface area contributed by atoms with E-state index in [4.69, 9.17) is 15.1 Å². The van der Waals surface area contributed by atoms with Gasteiger partial charge in [0.1, 0.15) is 11.6 Å². The number of rotatable bonds is 6. The molecule has 0 saturated carbocycles. The number of halogens is 2. The van der Waals surface area contributed by atoms with Crippen molar-refractivity contribution in [1.82, 2.24) is 19.9 Å². The summed E-state index contributed by atoms with van der Waals surface area (Å²) in [7, 11) is -0.181. The van der Waals surface area contributed by atoms with E-state index in [-0.39, 0.29) is 43.5 Å². The van der Waals surface area contributed by atoms with Gasteiger partial charge in [-0.3, -0.25) is 0 Å². The molecule has 0 saturated heterocycles. The summed E-state index contributed by atoms with van der Waals surface area (Å²) in [5, 5.41) is 16.9. The predicted octanol–water partition coefficient (Wildman–Crippen LogP) is -1.62. The molecular formula is C14H16BBr2N4NaO4. The van der Waals surface area contributed by atoms with E-state index < -0.39 is 0 Å². The molecule has 134 valence electrons. The quantitative estimate of drug-likeness (QED) is 0.219. The summed E-state index contributed by atoms with van der Waals surface area (Å²) in [4.78, 5) is 18.8. The van der Waals surface area contributed by atoms with E-state index in [0.29, 0.717) is 0 Å². The van der Waals surface area contributed by atoms with Gasteiger partial charge in [-0.25, -0.2) is 19.9 Å². The van der Waals surface area contributed by atoms with Crippen LogP contribution < -0.4 is 34.8 Å². The van der Waals surface area contributed by atoms with Crippen LogP contribution in [0.2, 0.25) is 0 Å². The first-order chi connectivity index (χ1) is 12.1. The molecule has 12 heteroatoms. The minimum absolute atomic E-state index is 0. The average Bonchev–Trinajstić information content (AvgIpc) is 2.64. The fourth-order valence-electron chi connectivity index (χ4n) is 1.28. The summed E-state index contributed by atoms with van der Waals surface area (Å²) in [6.45, 7) is 3.78. The number of hydrogen-bond acceptors (Lipinski definition) is 8. The molecule has 2 aromatic rings. The van der Waals surface area contributed by atoms with Crippen molar-refractivity contribution in [3.05, 3.63) is 58.0 Å².